The number of fused-ring (bicyclic) bond motifs is 4. The fourth-order valence-electron chi connectivity index (χ4n) is 6.41. The highest BCUT2D eigenvalue weighted by Gasteiger charge is 2.17. The monoisotopic (exact) mass is 612 g/mol. The van der Waals surface area contributed by atoms with Gasteiger partial charge in [-0.3, -0.25) is 0 Å². The molecule has 9 rings (SSSR count). The number of para-hydroxylation sites is 1. The summed E-state index contributed by atoms with van der Waals surface area (Å²) in [5.74, 6) is 0.668. The summed E-state index contributed by atoms with van der Waals surface area (Å²) in [6, 6.07) is 58.6. The van der Waals surface area contributed by atoms with Gasteiger partial charge in [0.1, 0.15) is 5.69 Å². The van der Waals surface area contributed by atoms with E-state index in [1.54, 1.807) is 0 Å². The van der Waals surface area contributed by atoms with Gasteiger partial charge < -0.3 is 0 Å². The quantitative estimate of drug-likeness (QED) is 0.181. The number of nitrogens with zero attached hydrogens (tertiary/aromatic N) is 4. The Morgan fingerprint density at radius 3 is 1.71 bits per heavy atom. The number of pyridine rings is 2. The highest BCUT2D eigenvalue weighted by molar-refractivity contribution is 6.10. The van der Waals surface area contributed by atoms with Gasteiger partial charge in [-0.25, -0.2) is 19.9 Å². The average Bonchev–Trinajstić information content (AvgIpc) is 3.18. The molecule has 0 saturated carbocycles. The van der Waals surface area contributed by atoms with Crippen LogP contribution in [-0.2, 0) is 0 Å². The van der Waals surface area contributed by atoms with Crippen LogP contribution in [0.25, 0.3) is 89.0 Å². The summed E-state index contributed by atoms with van der Waals surface area (Å²) in [4.78, 5) is 20.6. The van der Waals surface area contributed by atoms with Crippen LogP contribution < -0.4 is 0 Å². The van der Waals surface area contributed by atoms with E-state index in [2.05, 4.69) is 121 Å². The molecule has 0 radical (unpaired) electrons. The molecule has 0 amide bonds. The number of rotatable bonds is 5. The minimum absolute atomic E-state index is 0.668. The average molecular weight is 613 g/mol. The molecule has 0 atom stereocenters. The Kier molecular flexibility index (Phi) is 6.76. The molecule has 0 fully saturated rings. The second-order valence-corrected chi connectivity index (χ2v) is 11.9. The van der Waals surface area contributed by atoms with Gasteiger partial charge in [-0.05, 0) is 52.9 Å². The lowest BCUT2D eigenvalue weighted by Crippen LogP contribution is -1.98. The van der Waals surface area contributed by atoms with Crippen LogP contribution in [0.4, 0.5) is 0 Å². The standard InChI is InChI=1S/C44H28N4/c1-4-12-29(13-5-1)35-27-40(31-14-6-2-7-15-31)46-41(28-35)34-21-20-30-22-24-36-42(37(30)26-34)47-44(33-17-8-3-9-18-33)48-43(36)39-25-23-32-16-10-11-19-38(32)45-39/h1-28H. The Morgan fingerprint density at radius 1 is 0.312 bits per heavy atom. The molecule has 0 bridgehead atoms. The van der Waals surface area contributed by atoms with E-state index in [0.29, 0.717) is 5.82 Å². The fourth-order valence-corrected chi connectivity index (χ4v) is 6.41. The smallest absolute Gasteiger partial charge is 0.160 e. The van der Waals surface area contributed by atoms with Crippen LogP contribution >= 0.6 is 0 Å². The molecule has 4 nitrogen and oxygen atoms in total. The minimum Gasteiger partial charge on any atom is -0.248 e. The maximum absolute atomic E-state index is 5.23. The number of aromatic nitrogens is 4. The molecule has 0 aliphatic carbocycles. The Hall–Kier alpha value is -6.52. The van der Waals surface area contributed by atoms with Gasteiger partial charge in [0, 0.05) is 32.8 Å². The molecular weight excluding hydrogens is 585 g/mol. The van der Waals surface area contributed by atoms with E-state index >= 15 is 0 Å². The number of benzene rings is 6. The second-order valence-electron chi connectivity index (χ2n) is 11.9. The summed E-state index contributed by atoms with van der Waals surface area (Å²) in [6.45, 7) is 0. The van der Waals surface area contributed by atoms with Gasteiger partial charge in [-0.1, -0.05) is 133 Å². The van der Waals surface area contributed by atoms with Crippen molar-refractivity contribution in [3.05, 3.63) is 170 Å². The normalized spacial score (nSPS) is 11.3. The maximum atomic E-state index is 5.23. The first-order valence-electron chi connectivity index (χ1n) is 16.1. The van der Waals surface area contributed by atoms with Gasteiger partial charge in [0.05, 0.1) is 28.1 Å². The zero-order valence-electron chi connectivity index (χ0n) is 26.0. The fraction of sp³-hybridized carbons (Fsp3) is 0. The molecule has 9 aromatic rings. The molecule has 6 aromatic carbocycles. The van der Waals surface area contributed by atoms with Crippen LogP contribution in [0.5, 0.6) is 0 Å². The second kappa shape index (κ2) is 11.7. The lowest BCUT2D eigenvalue weighted by molar-refractivity contribution is 1.22. The number of hydrogen-bond donors (Lipinski definition) is 0. The molecule has 0 spiro atoms. The van der Waals surface area contributed by atoms with Gasteiger partial charge >= 0.3 is 0 Å². The van der Waals surface area contributed by atoms with Crippen molar-refractivity contribution >= 4 is 32.6 Å². The van der Waals surface area contributed by atoms with Crippen molar-refractivity contribution in [2.45, 2.75) is 0 Å². The molecule has 0 unspecified atom stereocenters. The summed E-state index contributed by atoms with van der Waals surface area (Å²) in [7, 11) is 0. The van der Waals surface area contributed by atoms with Crippen LogP contribution in [0.15, 0.2) is 170 Å². The molecule has 48 heavy (non-hydrogen) atoms. The SMILES string of the molecule is c1ccc(-c2cc(-c3ccccc3)nc(-c3ccc4ccc5c(-c6ccc7ccccc7n6)nc(-c6ccccc6)nc5c4c3)c2)cc1. The summed E-state index contributed by atoms with van der Waals surface area (Å²) in [6.07, 6.45) is 0. The first-order valence-corrected chi connectivity index (χ1v) is 16.1. The van der Waals surface area contributed by atoms with E-state index in [0.717, 1.165) is 83.2 Å². The zero-order chi connectivity index (χ0) is 31.9. The summed E-state index contributed by atoms with van der Waals surface area (Å²) in [5.41, 5.74) is 10.6. The topological polar surface area (TPSA) is 51.6 Å². The predicted octanol–water partition coefficient (Wildman–Crippen LogP) is 11.1. The van der Waals surface area contributed by atoms with Crippen LogP contribution in [0.1, 0.15) is 0 Å². The first-order chi connectivity index (χ1) is 23.8. The van der Waals surface area contributed by atoms with Crippen LogP contribution in [0, 0.1) is 0 Å². The van der Waals surface area contributed by atoms with Gasteiger partial charge in [-0.15, -0.1) is 0 Å². The van der Waals surface area contributed by atoms with Crippen LogP contribution in [-0.4, -0.2) is 19.9 Å². The lowest BCUT2D eigenvalue weighted by atomic mass is 9.97. The lowest BCUT2D eigenvalue weighted by Gasteiger charge is -2.13. The van der Waals surface area contributed by atoms with Crippen molar-refractivity contribution < 1.29 is 0 Å². The first kappa shape index (κ1) is 27.8. The van der Waals surface area contributed by atoms with Crippen LogP contribution in [0.2, 0.25) is 0 Å². The molecule has 224 valence electrons. The Balaban J connectivity index is 1.29. The molecule has 3 heterocycles. The Morgan fingerprint density at radius 2 is 0.938 bits per heavy atom. The van der Waals surface area contributed by atoms with Gasteiger partial charge in [0.25, 0.3) is 0 Å². The third-order valence-electron chi connectivity index (χ3n) is 8.85. The van der Waals surface area contributed by atoms with E-state index < -0.39 is 0 Å². The predicted molar refractivity (Wildman–Crippen MR) is 197 cm³/mol. The van der Waals surface area contributed by atoms with Gasteiger partial charge in [0.2, 0.25) is 0 Å². The largest absolute Gasteiger partial charge is 0.248 e. The summed E-state index contributed by atoms with van der Waals surface area (Å²) in [5, 5.41) is 4.19. The summed E-state index contributed by atoms with van der Waals surface area (Å²) >= 11 is 0. The highest BCUT2D eigenvalue weighted by atomic mass is 14.9. The van der Waals surface area contributed by atoms with Crippen molar-refractivity contribution in [3.8, 4) is 56.4 Å². The van der Waals surface area contributed by atoms with Gasteiger partial charge in [0.15, 0.2) is 5.82 Å². The molecule has 4 heteroatoms. The molecule has 0 aliphatic heterocycles. The maximum Gasteiger partial charge on any atom is 0.160 e. The third kappa shape index (κ3) is 5.06. The third-order valence-corrected chi connectivity index (χ3v) is 8.85. The zero-order valence-corrected chi connectivity index (χ0v) is 26.0. The number of hydrogen-bond acceptors (Lipinski definition) is 4. The van der Waals surface area contributed by atoms with Crippen molar-refractivity contribution in [1.29, 1.82) is 0 Å². The van der Waals surface area contributed by atoms with Crippen LogP contribution in [0.3, 0.4) is 0 Å². The van der Waals surface area contributed by atoms with E-state index in [4.69, 9.17) is 19.9 Å². The Bertz CT molecular complexity index is 2540. The molecule has 3 aromatic heterocycles. The van der Waals surface area contributed by atoms with E-state index in [1.165, 1.54) is 0 Å². The van der Waals surface area contributed by atoms with Crippen molar-refractivity contribution in [3.63, 3.8) is 0 Å². The van der Waals surface area contributed by atoms with Gasteiger partial charge in [-0.2, -0.15) is 0 Å². The van der Waals surface area contributed by atoms with E-state index in [-0.39, 0.29) is 0 Å². The minimum atomic E-state index is 0.668. The van der Waals surface area contributed by atoms with E-state index in [1.807, 2.05) is 48.5 Å². The highest BCUT2D eigenvalue weighted by Crippen LogP contribution is 2.36. The molecule has 0 N–H and O–H groups in total. The van der Waals surface area contributed by atoms with E-state index in [9.17, 15) is 0 Å². The van der Waals surface area contributed by atoms with Crippen molar-refractivity contribution in [2.24, 2.45) is 0 Å². The summed E-state index contributed by atoms with van der Waals surface area (Å²) < 4.78 is 0. The molecular formula is C44H28N4. The van der Waals surface area contributed by atoms with Crippen molar-refractivity contribution in [2.75, 3.05) is 0 Å². The molecule has 0 aliphatic rings. The van der Waals surface area contributed by atoms with Crippen molar-refractivity contribution in [1.82, 2.24) is 19.9 Å². The Labute approximate surface area is 278 Å². The molecule has 0 saturated heterocycles.